The number of amides is 1. The maximum atomic E-state index is 14.8. The molecule has 1 aliphatic heterocycles. The van der Waals surface area contributed by atoms with Crippen LogP contribution in [0.15, 0.2) is 48.9 Å². The minimum atomic E-state index is -4.62. The highest BCUT2D eigenvalue weighted by Crippen LogP contribution is 2.37. The molecule has 1 N–H and O–H groups in total. The number of rotatable bonds is 5. The Morgan fingerprint density at radius 3 is 2.43 bits per heavy atom. The molecule has 3 heterocycles. The van der Waals surface area contributed by atoms with Gasteiger partial charge in [-0.15, -0.1) is 0 Å². The molecule has 0 unspecified atom stereocenters. The van der Waals surface area contributed by atoms with Gasteiger partial charge in [0.2, 0.25) is 0 Å². The van der Waals surface area contributed by atoms with Gasteiger partial charge in [0.15, 0.2) is 17.5 Å². The van der Waals surface area contributed by atoms with Gasteiger partial charge in [-0.25, -0.2) is 32.5 Å². The SMILES string of the molecule is O=C(c1c(-c2ncccn2)ccc(F)c1F)N1CCC(F)(F)[C@H]1CNc1ccc(C(F)(F)F)cn1. The van der Waals surface area contributed by atoms with Crippen LogP contribution in [0.1, 0.15) is 22.3 Å². The number of carbonyl (C=O) groups excluding carboxylic acids is 1. The van der Waals surface area contributed by atoms with E-state index in [1.54, 1.807) is 0 Å². The molecule has 1 amide bonds. The summed E-state index contributed by atoms with van der Waals surface area (Å²) >= 11 is 0. The first kappa shape index (κ1) is 24.4. The Balaban J connectivity index is 1.62. The molecule has 1 saturated heterocycles. The van der Waals surface area contributed by atoms with Crippen molar-refractivity contribution in [1.82, 2.24) is 19.9 Å². The molecule has 13 heteroatoms. The van der Waals surface area contributed by atoms with E-state index in [4.69, 9.17) is 0 Å². The standard InChI is InChI=1S/C22H16F7N5O/c23-14-4-3-13(19-30-7-1-8-31-19)17(18(14)24)20(35)34-9-6-21(25,26)15(34)11-33-16-5-2-12(10-32-16)22(27,28)29/h1-5,7-8,10,15H,6,9,11H2,(H,32,33)/t15-/m1/s1. The van der Waals surface area contributed by atoms with Gasteiger partial charge in [-0.1, -0.05) is 0 Å². The van der Waals surface area contributed by atoms with E-state index < -0.39 is 66.3 Å². The minimum Gasteiger partial charge on any atom is -0.368 e. The van der Waals surface area contributed by atoms with Crippen molar-refractivity contribution in [3.05, 3.63) is 71.7 Å². The fourth-order valence-corrected chi connectivity index (χ4v) is 3.72. The van der Waals surface area contributed by atoms with E-state index in [0.29, 0.717) is 11.1 Å². The Kier molecular flexibility index (Phi) is 6.34. The number of carbonyl (C=O) groups is 1. The van der Waals surface area contributed by atoms with Gasteiger partial charge in [0.1, 0.15) is 11.9 Å². The lowest BCUT2D eigenvalue weighted by molar-refractivity contribution is -0.137. The van der Waals surface area contributed by atoms with E-state index in [2.05, 4.69) is 20.3 Å². The summed E-state index contributed by atoms with van der Waals surface area (Å²) in [5.41, 5.74) is -2.00. The molecule has 184 valence electrons. The zero-order chi connectivity index (χ0) is 25.4. The van der Waals surface area contributed by atoms with Gasteiger partial charge < -0.3 is 10.2 Å². The predicted octanol–water partition coefficient (Wildman–Crippen LogP) is 4.80. The summed E-state index contributed by atoms with van der Waals surface area (Å²) in [5.74, 6) is -7.75. The van der Waals surface area contributed by atoms with Crippen LogP contribution in [0, 0.1) is 11.6 Å². The molecule has 0 saturated carbocycles. The van der Waals surface area contributed by atoms with E-state index >= 15 is 0 Å². The van der Waals surface area contributed by atoms with Crippen molar-refractivity contribution in [3.8, 4) is 11.4 Å². The van der Waals surface area contributed by atoms with Crippen molar-refractivity contribution >= 4 is 11.7 Å². The molecule has 6 nitrogen and oxygen atoms in total. The van der Waals surface area contributed by atoms with Crippen LogP contribution < -0.4 is 5.32 Å². The molecule has 1 atom stereocenters. The van der Waals surface area contributed by atoms with Crippen LogP contribution in [0.5, 0.6) is 0 Å². The Hall–Kier alpha value is -3.77. The second-order valence-corrected chi connectivity index (χ2v) is 7.69. The first-order chi connectivity index (χ1) is 16.5. The summed E-state index contributed by atoms with van der Waals surface area (Å²) in [6.07, 6.45) is -2.22. The topological polar surface area (TPSA) is 71.0 Å². The molecule has 3 aromatic rings. The highest BCUT2D eigenvalue weighted by atomic mass is 19.4. The van der Waals surface area contributed by atoms with Crippen molar-refractivity contribution in [2.75, 3.05) is 18.4 Å². The number of halogens is 7. The number of hydrogen-bond donors (Lipinski definition) is 1. The highest BCUT2D eigenvalue weighted by Gasteiger charge is 2.51. The van der Waals surface area contributed by atoms with E-state index in [9.17, 15) is 35.5 Å². The van der Waals surface area contributed by atoms with Gasteiger partial charge in [0.25, 0.3) is 11.8 Å². The molecule has 4 rings (SSSR count). The zero-order valence-electron chi connectivity index (χ0n) is 17.7. The van der Waals surface area contributed by atoms with Crippen LogP contribution in [0.3, 0.4) is 0 Å². The first-order valence-corrected chi connectivity index (χ1v) is 10.2. The van der Waals surface area contributed by atoms with Gasteiger partial charge >= 0.3 is 6.18 Å². The predicted molar refractivity (Wildman–Crippen MR) is 110 cm³/mol. The number of pyridine rings is 1. The number of likely N-dealkylation sites (tertiary alicyclic amines) is 1. The Morgan fingerprint density at radius 1 is 1.09 bits per heavy atom. The third-order valence-electron chi connectivity index (χ3n) is 5.49. The number of aromatic nitrogens is 3. The minimum absolute atomic E-state index is 0.107. The Labute approximate surface area is 193 Å². The van der Waals surface area contributed by atoms with E-state index in [-0.39, 0.29) is 17.2 Å². The summed E-state index contributed by atoms with van der Waals surface area (Å²) in [6.45, 7) is -1.07. The number of hydrogen-bond acceptors (Lipinski definition) is 5. The summed E-state index contributed by atoms with van der Waals surface area (Å²) in [6, 6.07) is 3.17. The molecule has 0 aliphatic carbocycles. The third kappa shape index (κ3) is 4.88. The monoisotopic (exact) mass is 499 g/mol. The molecule has 35 heavy (non-hydrogen) atoms. The van der Waals surface area contributed by atoms with Gasteiger partial charge in [-0.2, -0.15) is 13.2 Å². The molecule has 1 aromatic carbocycles. The van der Waals surface area contributed by atoms with E-state index in [0.717, 1.165) is 24.3 Å². The van der Waals surface area contributed by atoms with Crippen molar-refractivity contribution in [3.63, 3.8) is 0 Å². The normalized spacial score (nSPS) is 17.5. The van der Waals surface area contributed by atoms with Gasteiger partial charge in [0.05, 0.1) is 11.1 Å². The molecule has 1 aliphatic rings. The van der Waals surface area contributed by atoms with Crippen molar-refractivity contribution in [1.29, 1.82) is 0 Å². The number of benzene rings is 1. The number of anilines is 1. The molecular weight excluding hydrogens is 483 g/mol. The number of nitrogens with one attached hydrogen (secondary N) is 1. The summed E-state index contributed by atoms with van der Waals surface area (Å²) in [4.78, 5) is 25.3. The highest BCUT2D eigenvalue weighted by molar-refractivity contribution is 6.01. The van der Waals surface area contributed by atoms with Crippen LogP contribution in [0.4, 0.5) is 36.6 Å². The molecule has 2 aromatic heterocycles. The maximum absolute atomic E-state index is 14.8. The third-order valence-corrected chi connectivity index (χ3v) is 5.49. The van der Waals surface area contributed by atoms with Crippen LogP contribution in [-0.4, -0.2) is 50.8 Å². The van der Waals surface area contributed by atoms with Crippen LogP contribution >= 0.6 is 0 Å². The quantitative estimate of drug-likeness (QED) is 0.511. The Bertz CT molecular complexity index is 1220. The van der Waals surface area contributed by atoms with Crippen molar-refractivity contribution < 1.29 is 35.5 Å². The molecular formula is C22H16F7N5O. The molecule has 0 bridgehead atoms. The first-order valence-electron chi connectivity index (χ1n) is 10.2. The Morgan fingerprint density at radius 2 is 1.80 bits per heavy atom. The molecule has 0 spiro atoms. The van der Waals surface area contributed by atoms with Gasteiger partial charge in [-0.3, -0.25) is 4.79 Å². The largest absolute Gasteiger partial charge is 0.417 e. The molecule has 0 radical (unpaired) electrons. The van der Waals surface area contributed by atoms with Gasteiger partial charge in [-0.05, 0) is 30.3 Å². The fraction of sp³-hybridized carbons (Fsp3) is 0.273. The van der Waals surface area contributed by atoms with Crippen LogP contribution in [0.2, 0.25) is 0 Å². The van der Waals surface area contributed by atoms with Crippen LogP contribution in [-0.2, 0) is 6.18 Å². The lowest BCUT2D eigenvalue weighted by Crippen LogP contribution is -2.47. The van der Waals surface area contributed by atoms with Crippen molar-refractivity contribution in [2.45, 2.75) is 24.6 Å². The number of alkyl halides is 5. The maximum Gasteiger partial charge on any atom is 0.417 e. The van der Waals surface area contributed by atoms with Crippen LogP contribution in [0.25, 0.3) is 11.4 Å². The smallest absolute Gasteiger partial charge is 0.368 e. The summed E-state index contributed by atoms with van der Waals surface area (Å²) < 4.78 is 96.2. The van der Waals surface area contributed by atoms with Crippen molar-refractivity contribution in [2.24, 2.45) is 0 Å². The summed E-state index contributed by atoms with van der Waals surface area (Å²) in [5, 5.41) is 2.48. The average Bonchev–Trinajstić information content (AvgIpc) is 3.13. The second kappa shape index (κ2) is 9.12. The van der Waals surface area contributed by atoms with E-state index in [1.165, 1.54) is 18.5 Å². The average molecular weight is 499 g/mol. The lowest BCUT2D eigenvalue weighted by Gasteiger charge is -2.29. The fourth-order valence-electron chi connectivity index (χ4n) is 3.72. The number of nitrogens with zero attached hydrogens (tertiary/aromatic N) is 4. The second-order valence-electron chi connectivity index (χ2n) is 7.69. The lowest BCUT2D eigenvalue weighted by atomic mass is 10.0. The van der Waals surface area contributed by atoms with E-state index in [1.807, 2.05) is 0 Å². The molecule has 1 fully saturated rings. The zero-order valence-corrected chi connectivity index (χ0v) is 17.7. The van der Waals surface area contributed by atoms with Gasteiger partial charge in [0, 0.05) is 43.7 Å². The summed E-state index contributed by atoms with van der Waals surface area (Å²) in [7, 11) is 0.